The largest absolute Gasteiger partial charge is 0.356 e. The number of rotatable bonds is 4. The van der Waals surface area contributed by atoms with Crippen LogP contribution in [0.25, 0.3) is 21.5 Å². The number of aromatic amines is 1. The fourth-order valence-electron chi connectivity index (χ4n) is 2.35. The maximum atomic E-state index is 11.4. The van der Waals surface area contributed by atoms with E-state index in [4.69, 9.17) is 0 Å². The highest BCUT2D eigenvalue weighted by Gasteiger charge is 2.18. The molecule has 2 aromatic heterocycles. The molecule has 0 aliphatic carbocycles. The third-order valence-corrected chi connectivity index (χ3v) is 5.38. The maximum Gasteiger partial charge on any atom is 0.356 e. The maximum absolute atomic E-state index is 11.4. The Kier molecular flexibility index (Phi) is 3.85. The smallest absolute Gasteiger partial charge is 0.330 e. The first-order chi connectivity index (χ1) is 12.0. The van der Waals surface area contributed by atoms with Gasteiger partial charge >= 0.3 is 7.60 Å². The summed E-state index contributed by atoms with van der Waals surface area (Å²) in [5.74, 6) is 0. The van der Waals surface area contributed by atoms with E-state index in [2.05, 4.69) is 25.7 Å². The molecule has 2 heterocycles. The monoisotopic (exact) mass is 373 g/mol. The zero-order chi connectivity index (χ0) is 17.4. The summed E-state index contributed by atoms with van der Waals surface area (Å²) in [6.07, 6.45) is 1.74. The topological polar surface area (TPSA) is 124 Å². The molecule has 25 heavy (non-hydrogen) atoms. The Bertz CT molecular complexity index is 1100. The number of fused-ring (bicyclic) bond motifs is 1. The van der Waals surface area contributed by atoms with Crippen LogP contribution >= 0.6 is 18.9 Å². The number of benzene rings is 2. The van der Waals surface area contributed by atoms with Crippen LogP contribution < -0.4 is 10.6 Å². The minimum atomic E-state index is -4.30. The predicted octanol–water partition coefficient (Wildman–Crippen LogP) is 2.63. The molecule has 126 valence electrons. The van der Waals surface area contributed by atoms with E-state index in [1.165, 1.54) is 23.5 Å². The molecule has 0 amide bonds. The lowest BCUT2D eigenvalue weighted by atomic mass is 10.2. The fraction of sp³-hybridized carbons (Fsp3) is 0. The van der Waals surface area contributed by atoms with Gasteiger partial charge in [-0.05, 0) is 30.3 Å². The van der Waals surface area contributed by atoms with Crippen molar-refractivity contribution < 1.29 is 14.4 Å². The molecule has 8 nitrogen and oxygen atoms in total. The first-order valence-electron chi connectivity index (χ1n) is 7.19. The second kappa shape index (κ2) is 6.05. The molecule has 0 atom stereocenters. The van der Waals surface area contributed by atoms with Crippen molar-refractivity contribution in [2.24, 2.45) is 0 Å². The van der Waals surface area contributed by atoms with E-state index >= 15 is 0 Å². The van der Waals surface area contributed by atoms with Gasteiger partial charge in [0, 0.05) is 16.6 Å². The third kappa shape index (κ3) is 3.31. The molecule has 0 aliphatic heterocycles. The van der Waals surface area contributed by atoms with Crippen LogP contribution in [-0.2, 0) is 4.57 Å². The van der Waals surface area contributed by atoms with E-state index in [0.717, 1.165) is 16.6 Å². The third-order valence-electron chi connectivity index (χ3n) is 3.55. The number of aromatic nitrogens is 4. The molecule has 0 unspecified atom stereocenters. The molecular formula is C15H12N5O3PS. The van der Waals surface area contributed by atoms with E-state index in [0.29, 0.717) is 15.7 Å². The summed E-state index contributed by atoms with van der Waals surface area (Å²) < 4.78 is 11.4. The van der Waals surface area contributed by atoms with Gasteiger partial charge in [0.15, 0.2) is 0 Å². The number of H-pyrrole nitrogens is 1. The minimum Gasteiger partial charge on any atom is -0.330 e. The lowest BCUT2D eigenvalue weighted by Gasteiger charge is -2.04. The van der Waals surface area contributed by atoms with E-state index < -0.39 is 7.60 Å². The van der Waals surface area contributed by atoms with Gasteiger partial charge in [-0.15, -0.1) is 10.2 Å². The van der Waals surface area contributed by atoms with Crippen molar-refractivity contribution in [2.75, 3.05) is 5.32 Å². The Morgan fingerprint density at radius 1 is 1.12 bits per heavy atom. The average molecular weight is 373 g/mol. The molecule has 0 saturated carbocycles. The van der Waals surface area contributed by atoms with Crippen LogP contribution in [0.3, 0.4) is 0 Å². The number of nitrogens with one attached hydrogen (secondary N) is 2. The first kappa shape index (κ1) is 15.9. The summed E-state index contributed by atoms with van der Waals surface area (Å²) in [7, 11) is -4.30. The Morgan fingerprint density at radius 3 is 2.84 bits per heavy atom. The van der Waals surface area contributed by atoms with Gasteiger partial charge in [-0.3, -0.25) is 9.66 Å². The zero-order valence-electron chi connectivity index (χ0n) is 12.6. The highest BCUT2D eigenvalue weighted by molar-refractivity contribution is 7.60. The van der Waals surface area contributed by atoms with Crippen LogP contribution in [0.5, 0.6) is 0 Å². The van der Waals surface area contributed by atoms with Crippen molar-refractivity contribution in [3.05, 3.63) is 48.7 Å². The van der Waals surface area contributed by atoms with Gasteiger partial charge in [-0.1, -0.05) is 23.5 Å². The number of anilines is 2. The summed E-state index contributed by atoms with van der Waals surface area (Å²) in [6, 6.07) is 11.9. The van der Waals surface area contributed by atoms with Crippen molar-refractivity contribution in [1.29, 1.82) is 0 Å². The lowest BCUT2D eigenvalue weighted by Crippen LogP contribution is -2.03. The molecule has 4 N–H and O–H groups in total. The molecule has 2 aromatic carbocycles. The van der Waals surface area contributed by atoms with E-state index in [1.54, 1.807) is 18.3 Å². The van der Waals surface area contributed by atoms with Crippen molar-refractivity contribution in [1.82, 2.24) is 20.4 Å². The van der Waals surface area contributed by atoms with Gasteiger partial charge in [-0.2, -0.15) is 5.10 Å². The highest BCUT2D eigenvalue weighted by Crippen LogP contribution is 2.35. The summed E-state index contributed by atoms with van der Waals surface area (Å²) in [6.45, 7) is 0. The Hall–Kier alpha value is -2.58. The van der Waals surface area contributed by atoms with Crippen molar-refractivity contribution in [2.45, 2.75) is 0 Å². The standard InChI is InChI=1S/C15H12N5O3PS/c21-24(22,23)12-3-1-2-9(7-12)14-19-20-15(25-14)17-11-4-5-13-10(6-11)8-16-18-13/h1-8H,(H,16,18)(H,17,20)(H2,21,22,23). The second-order valence-corrected chi connectivity index (χ2v) is 7.89. The van der Waals surface area contributed by atoms with Crippen molar-refractivity contribution in [3.63, 3.8) is 0 Å². The van der Waals surface area contributed by atoms with Gasteiger partial charge in [0.1, 0.15) is 5.01 Å². The van der Waals surface area contributed by atoms with Gasteiger partial charge in [-0.25, -0.2) is 0 Å². The Morgan fingerprint density at radius 2 is 2.00 bits per heavy atom. The molecule has 4 rings (SSSR count). The molecule has 0 fully saturated rings. The summed E-state index contributed by atoms with van der Waals surface area (Å²) in [5, 5.41) is 20.3. The zero-order valence-corrected chi connectivity index (χ0v) is 14.3. The van der Waals surface area contributed by atoms with E-state index in [1.807, 2.05) is 18.2 Å². The van der Waals surface area contributed by atoms with Crippen molar-refractivity contribution in [3.8, 4) is 10.6 Å². The number of hydrogen-bond acceptors (Lipinski definition) is 6. The fourth-order valence-corrected chi connectivity index (χ4v) is 3.70. The molecule has 0 aliphatic rings. The molecule has 4 aromatic rings. The van der Waals surface area contributed by atoms with Crippen LogP contribution in [0.2, 0.25) is 0 Å². The minimum absolute atomic E-state index is 0.0416. The summed E-state index contributed by atoms with van der Waals surface area (Å²) in [5.41, 5.74) is 2.40. The van der Waals surface area contributed by atoms with Gasteiger partial charge in [0.2, 0.25) is 5.13 Å². The number of hydrogen-bond donors (Lipinski definition) is 4. The van der Waals surface area contributed by atoms with Crippen LogP contribution in [0.15, 0.2) is 48.7 Å². The lowest BCUT2D eigenvalue weighted by molar-refractivity contribution is 0.387. The SMILES string of the molecule is O=P(O)(O)c1cccc(-c2nnc(Nc3ccc4[nH]ncc4c3)s2)c1. The first-order valence-corrected chi connectivity index (χ1v) is 9.62. The van der Waals surface area contributed by atoms with E-state index in [9.17, 15) is 14.4 Å². The van der Waals surface area contributed by atoms with E-state index in [-0.39, 0.29) is 5.30 Å². The normalized spacial score (nSPS) is 11.8. The molecule has 0 saturated heterocycles. The Balaban J connectivity index is 1.60. The molecular weight excluding hydrogens is 361 g/mol. The predicted molar refractivity (Wildman–Crippen MR) is 96.4 cm³/mol. The molecule has 0 radical (unpaired) electrons. The van der Waals surface area contributed by atoms with Crippen LogP contribution in [0.4, 0.5) is 10.8 Å². The highest BCUT2D eigenvalue weighted by atomic mass is 32.1. The van der Waals surface area contributed by atoms with Crippen LogP contribution in [0, 0.1) is 0 Å². The molecule has 10 heteroatoms. The molecule has 0 spiro atoms. The Labute approximate surface area is 145 Å². The van der Waals surface area contributed by atoms with Crippen LogP contribution in [0.1, 0.15) is 0 Å². The second-order valence-electron chi connectivity index (χ2n) is 5.30. The van der Waals surface area contributed by atoms with Gasteiger partial charge < -0.3 is 15.1 Å². The average Bonchev–Trinajstić information content (AvgIpc) is 3.23. The van der Waals surface area contributed by atoms with Crippen molar-refractivity contribution >= 4 is 46.0 Å². The summed E-state index contributed by atoms with van der Waals surface area (Å²) in [4.78, 5) is 18.6. The molecule has 0 bridgehead atoms. The summed E-state index contributed by atoms with van der Waals surface area (Å²) >= 11 is 1.30. The number of nitrogens with zero attached hydrogens (tertiary/aromatic N) is 3. The van der Waals surface area contributed by atoms with Crippen LogP contribution in [-0.4, -0.2) is 30.2 Å². The quantitative estimate of drug-likeness (QED) is 0.405. The van der Waals surface area contributed by atoms with Gasteiger partial charge in [0.25, 0.3) is 0 Å². The van der Waals surface area contributed by atoms with Gasteiger partial charge in [0.05, 0.1) is 17.0 Å².